The quantitative estimate of drug-likeness (QED) is 0.0263. The first-order valence-electron chi connectivity index (χ1n) is 12.6. The molecule has 3 atom stereocenters. The Bertz CT molecular complexity index is 1070. The predicted molar refractivity (Wildman–Crippen MR) is 145 cm³/mol. The highest BCUT2D eigenvalue weighted by Gasteiger charge is 2.43. The minimum atomic E-state index is -2.60. The lowest BCUT2D eigenvalue weighted by atomic mass is 9.96. The van der Waals surface area contributed by atoms with Gasteiger partial charge in [-0.1, -0.05) is 6.58 Å². The molecule has 0 aliphatic rings. The average Bonchev–Trinajstić information content (AvgIpc) is 3.00. The van der Waals surface area contributed by atoms with Gasteiger partial charge in [0.2, 0.25) is 0 Å². The van der Waals surface area contributed by atoms with Gasteiger partial charge in [0.05, 0.1) is 25.7 Å². The number of aliphatic hydroxyl groups is 4. The van der Waals surface area contributed by atoms with E-state index in [2.05, 4.69) is 44.5 Å². The highest BCUT2D eigenvalue weighted by molar-refractivity contribution is 5.92. The summed E-state index contributed by atoms with van der Waals surface area (Å²) in [7, 11) is 3.86. The third-order valence-electron chi connectivity index (χ3n) is 4.62. The number of esters is 5. The molecule has 0 aromatic rings. The second-order valence-corrected chi connectivity index (χ2v) is 8.38. The van der Waals surface area contributed by atoms with Crippen molar-refractivity contribution in [2.24, 2.45) is 5.92 Å². The van der Waals surface area contributed by atoms with Crippen molar-refractivity contribution < 1.29 is 112 Å². The minimum Gasteiger partial charge on any atom is -0.481 e. The van der Waals surface area contributed by atoms with Gasteiger partial charge in [0, 0.05) is 26.9 Å². The number of carbonyl (C=O) groups is 8. The van der Waals surface area contributed by atoms with Crippen molar-refractivity contribution in [2.45, 2.75) is 37.4 Å². The lowest BCUT2D eigenvalue weighted by Gasteiger charge is -2.22. The molecular weight excluding hydrogens is 668 g/mol. The maximum atomic E-state index is 11.3. The van der Waals surface area contributed by atoms with E-state index in [0.29, 0.717) is 0 Å². The van der Waals surface area contributed by atoms with Crippen LogP contribution >= 0.6 is 0 Å². The molecule has 0 saturated heterocycles. The topological polar surface area (TPSA) is 352 Å². The number of aliphatic carboxylic acids is 3. The molecule has 0 aromatic heterocycles. The zero-order valence-corrected chi connectivity index (χ0v) is 25.9. The number of aliphatic hydroxyl groups excluding tert-OH is 3. The molecule has 0 rings (SSSR count). The van der Waals surface area contributed by atoms with E-state index in [1.54, 1.807) is 0 Å². The molecule has 0 spiro atoms. The molecule has 0 radical (unpaired) electrons. The van der Waals surface area contributed by atoms with Crippen LogP contribution in [-0.2, 0) is 76.3 Å². The van der Waals surface area contributed by atoms with Gasteiger partial charge in [0.15, 0.2) is 45.7 Å². The second-order valence-electron chi connectivity index (χ2n) is 8.38. The predicted octanol–water partition coefficient (Wildman–Crippen LogP) is -3.53. The van der Waals surface area contributed by atoms with Crippen LogP contribution < -0.4 is 0 Å². The molecule has 0 amide bonds. The third kappa shape index (κ3) is 23.5. The number of hydrogen-bond donors (Lipinski definition) is 7. The highest BCUT2D eigenvalue weighted by atomic mass is 16.7. The molecule has 0 aliphatic carbocycles. The van der Waals surface area contributed by atoms with Gasteiger partial charge < -0.3 is 73.6 Å². The van der Waals surface area contributed by atoms with Crippen molar-refractivity contribution in [3.8, 4) is 0 Å². The van der Waals surface area contributed by atoms with Crippen LogP contribution in [-0.4, -0.2) is 150 Å². The molecule has 276 valence electrons. The normalized spacial score (nSPS) is 12.4. The molecule has 23 nitrogen and oxygen atoms in total. The number of methoxy groups -OCH3 is 3. The van der Waals surface area contributed by atoms with Crippen LogP contribution in [0.1, 0.15) is 25.7 Å². The summed E-state index contributed by atoms with van der Waals surface area (Å²) in [4.78, 5) is 86.8. The lowest BCUT2D eigenvalue weighted by molar-refractivity contribution is -0.184. The summed E-state index contributed by atoms with van der Waals surface area (Å²) in [6.45, 7) is 0.224. The number of ether oxygens (including phenoxy) is 8. The van der Waals surface area contributed by atoms with Gasteiger partial charge in [-0.2, -0.15) is 0 Å². The summed E-state index contributed by atoms with van der Waals surface area (Å²) < 4.78 is 34.8. The van der Waals surface area contributed by atoms with E-state index >= 15 is 0 Å². The average molecular weight is 707 g/mol. The van der Waals surface area contributed by atoms with Crippen molar-refractivity contribution in [3.05, 3.63) is 12.2 Å². The Kier molecular flexibility index (Phi) is 27.1. The van der Waals surface area contributed by atoms with Crippen LogP contribution in [0.25, 0.3) is 0 Å². The molecule has 3 unspecified atom stereocenters. The molecule has 23 heteroatoms. The van der Waals surface area contributed by atoms with Crippen molar-refractivity contribution in [2.75, 3.05) is 55.3 Å². The van der Waals surface area contributed by atoms with Crippen LogP contribution in [0, 0.1) is 5.92 Å². The molecule has 48 heavy (non-hydrogen) atoms. The van der Waals surface area contributed by atoms with E-state index in [4.69, 9.17) is 25.5 Å². The fraction of sp³-hybridized carbons (Fsp3) is 0.600. The van der Waals surface area contributed by atoms with Crippen molar-refractivity contribution >= 4 is 47.8 Å². The smallest absolute Gasteiger partial charge is 0.341 e. The maximum Gasteiger partial charge on any atom is 0.341 e. The molecule has 0 saturated carbocycles. The summed E-state index contributed by atoms with van der Waals surface area (Å²) in [6, 6.07) is 0. The summed E-state index contributed by atoms with van der Waals surface area (Å²) in [5, 5.41) is 61.1. The molecule has 0 bridgehead atoms. The Labute approximate surface area is 271 Å². The Morgan fingerprint density at radius 2 is 1.17 bits per heavy atom. The largest absolute Gasteiger partial charge is 0.481 e. The van der Waals surface area contributed by atoms with Gasteiger partial charge in [0.25, 0.3) is 0 Å². The van der Waals surface area contributed by atoms with Gasteiger partial charge in [-0.25, -0.2) is 14.4 Å². The Hall–Kier alpha value is -4.78. The number of hydrogen-bond acceptors (Lipinski definition) is 20. The first-order valence-corrected chi connectivity index (χ1v) is 12.6. The molecular formula is C25H38O23. The van der Waals surface area contributed by atoms with E-state index in [-0.39, 0.29) is 19.2 Å². The zero-order chi connectivity index (χ0) is 37.9. The molecule has 0 aromatic carbocycles. The lowest BCUT2D eigenvalue weighted by Crippen LogP contribution is -2.44. The molecule has 7 N–H and O–H groups in total. The van der Waals surface area contributed by atoms with E-state index in [0.717, 1.165) is 0 Å². The molecule has 0 aliphatic heterocycles. The zero-order valence-electron chi connectivity index (χ0n) is 25.9. The molecule has 0 heterocycles. The van der Waals surface area contributed by atoms with Gasteiger partial charge in [-0.15, -0.1) is 0 Å². The fourth-order valence-electron chi connectivity index (χ4n) is 2.56. The monoisotopic (exact) mass is 706 g/mol. The first-order chi connectivity index (χ1) is 22.4. The number of carbonyl (C=O) groups excluding carboxylic acids is 5. The number of carboxylic acids is 3. The number of carboxylic acid groups (broad SMARTS) is 3. The van der Waals surface area contributed by atoms with E-state index in [9.17, 15) is 48.6 Å². The summed E-state index contributed by atoms with van der Waals surface area (Å²) in [6.07, 6.45) is -5.26. The third-order valence-corrected chi connectivity index (χ3v) is 4.62. The summed E-state index contributed by atoms with van der Waals surface area (Å²) in [5.74, 6) is -11.4. The minimum absolute atomic E-state index is 0.0976. The van der Waals surface area contributed by atoms with Crippen LogP contribution in [0.4, 0.5) is 0 Å². The van der Waals surface area contributed by atoms with Crippen molar-refractivity contribution in [3.63, 3.8) is 0 Å². The standard InChI is InChI=1S/2C9H14O9.C7H10O5/c1-16-5-18-7(13)3-9(15,2-6(11)12)8(14)17-4-10;1-16-4-18-6(11)2-5(7(12)8(13)14)9(15)17-3-10;1-5(3-6(8)9)7(10)12-4-11-2/h10,15H,2-5H2,1H3,(H,11,12);5,7,10,12H,2-4H2,1H3,(H,13,14);1,3-4H2,2H3,(H,8,9). The van der Waals surface area contributed by atoms with Crippen LogP contribution in [0.3, 0.4) is 0 Å². The SMILES string of the molecule is C=C(CC(=O)O)C(=O)OCOC.COCOC(=O)CC(C(=O)OCO)C(O)C(=O)O.COCOC(=O)CC(O)(CC(=O)O)C(=O)OCO. The first kappa shape index (κ1) is 47.6. The Balaban J connectivity index is -0.000000647. The Morgan fingerprint density at radius 1 is 0.688 bits per heavy atom. The van der Waals surface area contributed by atoms with E-state index in [1.165, 1.54) is 21.3 Å². The highest BCUT2D eigenvalue weighted by Crippen LogP contribution is 2.19. The van der Waals surface area contributed by atoms with Crippen LogP contribution in [0.5, 0.6) is 0 Å². The van der Waals surface area contributed by atoms with Gasteiger partial charge >= 0.3 is 47.8 Å². The van der Waals surface area contributed by atoms with E-state index in [1.807, 2.05) is 0 Å². The van der Waals surface area contributed by atoms with Crippen LogP contribution in [0.2, 0.25) is 0 Å². The summed E-state index contributed by atoms with van der Waals surface area (Å²) >= 11 is 0. The van der Waals surface area contributed by atoms with Gasteiger partial charge in [-0.05, 0) is 0 Å². The van der Waals surface area contributed by atoms with Gasteiger partial charge in [0.1, 0.15) is 5.92 Å². The summed E-state index contributed by atoms with van der Waals surface area (Å²) in [5.41, 5.74) is -2.70. The van der Waals surface area contributed by atoms with E-state index < -0.39 is 111 Å². The second kappa shape index (κ2) is 27.3. The van der Waals surface area contributed by atoms with Crippen LogP contribution in [0.15, 0.2) is 12.2 Å². The Morgan fingerprint density at radius 3 is 1.58 bits per heavy atom. The fourth-order valence-corrected chi connectivity index (χ4v) is 2.56. The maximum absolute atomic E-state index is 11.3. The van der Waals surface area contributed by atoms with Crippen molar-refractivity contribution in [1.29, 1.82) is 0 Å². The van der Waals surface area contributed by atoms with Gasteiger partial charge in [-0.3, -0.25) is 24.0 Å². The van der Waals surface area contributed by atoms with Crippen molar-refractivity contribution in [1.82, 2.24) is 0 Å². The number of rotatable bonds is 21. The molecule has 0 fully saturated rings.